The lowest BCUT2D eigenvalue weighted by Gasteiger charge is -2.08. The lowest BCUT2D eigenvalue weighted by atomic mass is 10.0. The number of amidine groups is 1. The summed E-state index contributed by atoms with van der Waals surface area (Å²) in [5.74, 6) is 0.941. The Labute approximate surface area is 175 Å². The van der Waals surface area contributed by atoms with Crippen LogP contribution in [0.1, 0.15) is 5.56 Å². The standard InChI is InChI=1S/C23H16Br2N2/c24-17-8-12-19(13-9-17)26-23(27-20-14-10-18(25)11-15-20)22-7-3-5-16-4-1-2-6-21(16)22/h1-15H,(H,26,27)/p+1. The van der Waals surface area contributed by atoms with Crippen LogP contribution in [0.2, 0.25) is 0 Å². The number of nitrogens with one attached hydrogen (secondary N) is 2. The first-order valence-electron chi connectivity index (χ1n) is 8.59. The molecule has 0 radical (unpaired) electrons. The van der Waals surface area contributed by atoms with Gasteiger partial charge in [0.15, 0.2) is 0 Å². The first-order valence-corrected chi connectivity index (χ1v) is 10.2. The van der Waals surface area contributed by atoms with E-state index in [1.54, 1.807) is 0 Å². The highest BCUT2D eigenvalue weighted by Crippen LogP contribution is 2.20. The third kappa shape index (κ3) is 4.29. The van der Waals surface area contributed by atoms with Gasteiger partial charge >= 0.3 is 0 Å². The molecular formula is C23H17Br2N2+. The summed E-state index contributed by atoms with van der Waals surface area (Å²) in [6, 6.07) is 31.1. The molecule has 0 spiro atoms. The van der Waals surface area contributed by atoms with Crippen molar-refractivity contribution >= 4 is 59.8 Å². The molecule has 4 heteroatoms. The van der Waals surface area contributed by atoms with Crippen LogP contribution >= 0.6 is 31.9 Å². The molecular weight excluding hydrogens is 464 g/mol. The summed E-state index contributed by atoms with van der Waals surface area (Å²) in [6.45, 7) is 0. The van der Waals surface area contributed by atoms with Gasteiger partial charge in [-0.05, 0) is 65.4 Å². The minimum Gasteiger partial charge on any atom is -0.240 e. The van der Waals surface area contributed by atoms with Crippen LogP contribution in [0.15, 0.2) is 99.9 Å². The van der Waals surface area contributed by atoms with Crippen LogP contribution in [0.4, 0.5) is 11.4 Å². The largest absolute Gasteiger partial charge is 0.285 e. The zero-order chi connectivity index (χ0) is 18.6. The molecule has 0 aromatic heterocycles. The molecule has 0 aliphatic rings. The molecule has 0 bridgehead atoms. The topological polar surface area (TPSA) is 26.0 Å². The van der Waals surface area contributed by atoms with Gasteiger partial charge in [0.25, 0.3) is 5.84 Å². The molecule has 0 fully saturated rings. The van der Waals surface area contributed by atoms with Gasteiger partial charge in [0.1, 0.15) is 11.4 Å². The molecule has 4 rings (SSSR count). The summed E-state index contributed by atoms with van der Waals surface area (Å²) in [5.41, 5.74) is 3.16. The van der Waals surface area contributed by atoms with Gasteiger partial charge in [-0.2, -0.15) is 0 Å². The van der Waals surface area contributed by atoms with Gasteiger partial charge in [0.2, 0.25) is 0 Å². The zero-order valence-electron chi connectivity index (χ0n) is 14.4. The van der Waals surface area contributed by atoms with Gasteiger partial charge < -0.3 is 0 Å². The van der Waals surface area contributed by atoms with Crippen molar-refractivity contribution in [3.8, 4) is 0 Å². The monoisotopic (exact) mass is 479 g/mol. The second kappa shape index (κ2) is 8.07. The second-order valence-corrected chi connectivity index (χ2v) is 8.00. The molecule has 4 aromatic rings. The maximum atomic E-state index is 3.55. The Kier molecular flexibility index (Phi) is 5.37. The Morgan fingerprint density at radius 1 is 0.667 bits per heavy atom. The van der Waals surface area contributed by atoms with Crippen molar-refractivity contribution in [2.24, 2.45) is 0 Å². The summed E-state index contributed by atoms with van der Waals surface area (Å²) < 4.78 is 2.11. The van der Waals surface area contributed by atoms with E-state index in [9.17, 15) is 0 Å². The maximum absolute atomic E-state index is 3.55. The summed E-state index contributed by atoms with van der Waals surface area (Å²) in [6.07, 6.45) is 0. The summed E-state index contributed by atoms with van der Waals surface area (Å²) in [7, 11) is 0. The predicted molar refractivity (Wildman–Crippen MR) is 121 cm³/mol. The van der Waals surface area contributed by atoms with Crippen LogP contribution < -0.4 is 10.3 Å². The van der Waals surface area contributed by atoms with Crippen molar-refractivity contribution < 1.29 is 4.99 Å². The molecule has 0 aliphatic heterocycles. The summed E-state index contributed by atoms with van der Waals surface area (Å²) in [5, 5.41) is 5.96. The Morgan fingerprint density at radius 3 is 2.04 bits per heavy atom. The number of halogens is 2. The maximum Gasteiger partial charge on any atom is 0.285 e. The minimum absolute atomic E-state index is 0.941. The van der Waals surface area contributed by atoms with Gasteiger partial charge in [-0.3, -0.25) is 0 Å². The van der Waals surface area contributed by atoms with E-state index in [0.29, 0.717) is 0 Å². The molecule has 132 valence electrons. The van der Waals surface area contributed by atoms with E-state index in [4.69, 9.17) is 0 Å². The fraction of sp³-hybridized carbons (Fsp3) is 0. The minimum atomic E-state index is 0.941. The lowest BCUT2D eigenvalue weighted by molar-refractivity contribution is -0.352. The highest BCUT2D eigenvalue weighted by Gasteiger charge is 2.15. The van der Waals surface area contributed by atoms with Crippen LogP contribution in [0.3, 0.4) is 0 Å². The van der Waals surface area contributed by atoms with Gasteiger partial charge in [-0.1, -0.05) is 68.3 Å². The van der Waals surface area contributed by atoms with E-state index in [1.807, 2.05) is 24.3 Å². The van der Waals surface area contributed by atoms with E-state index in [2.05, 4.69) is 109 Å². The van der Waals surface area contributed by atoms with Crippen LogP contribution in [-0.4, -0.2) is 5.84 Å². The fourth-order valence-electron chi connectivity index (χ4n) is 2.96. The zero-order valence-corrected chi connectivity index (χ0v) is 17.6. The van der Waals surface area contributed by atoms with E-state index in [1.165, 1.54) is 10.8 Å². The molecule has 0 amide bonds. The normalized spacial score (nSPS) is 11.6. The van der Waals surface area contributed by atoms with E-state index < -0.39 is 0 Å². The Bertz CT molecular complexity index is 1100. The number of hydrogen-bond acceptors (Lipinski definition) is 0. The van der Waals surface area contributed by atoms with Crippen molar-refractivity contribution in [1.82, 2.24) is 0 Å². The molecule has 0 atom stereocenters. The molecule has 0 saturated carbocycles. The third-order valence-corrected chi connectivity index (χ3v) is 5.34. The predicted octanol–water partition coefficient (Wildman–Crippen LogP) is 5.64. The van der Waals surface area contributed by atoms with E-state index in [0.717, 1.165) is 31.7 Å². The highest BCUT2D eigenvalue weighted by atomic mass is 79.9. The lowest BCUT2D eigenvalue weighted by Crippen LogP contribution is -2.68. The first kappa shape index (κ1) is 18.0. The van der Waals surface area contributed by atoms with Crippen LogP contribution in [-0.2, 0) is 0 Å². The van der Waals surface area contributed by atoms with Crippen LogP contribution in [0.25, 0.3) is 10.8 Å². The SMILES string of the molecule is Brc1ccc(NC(=[NH+]c2ccc(Br)cc2)c2cccc3ccccc23)cc1. The van der Waals surface area contributed by atoms with Crippen molar-refractivity contribution in [2.45, 2.75) is 0 Å². The van der Waals surface area contributed by atoms with Gasteiger partial charge in [-0.25, -0.2) is 10.3 Å². The molecule has 2 nitrogen and oxygen atoms in total. The molecule has 0 saturated heterocycles. The molecule has 0 unspecified atom stereocenters. The fourth-order valence-corrected chi connectivity index (χ4v) is 3.49. The molecule has 27 heavy (non-hydrogen) atoms. The molecule has 0 aliphatic carbocycles. The number of benzene rings is 4. The number of rotatable bonds is 3. The molecule has 2 N–H and O–H groups in total. The Morgan fingerprint density at radius 2 is 1.30 bits per heavy atom. The van der Waals surface area contributed by atoms with Crippen molar-refractivity contribution in [2.75, 3.05) is 5.32 Å². The second-order valence-electron chi connectivity index (χ2n) is 6.17. The Hall–Kier alpha value is -2.43. The summed E-state index contributed by atoms with van der Waals surface area (Å²) in [4.78, 5) is 3.55. The van der Waals surface area contributed by atoms with Crippen LogP contribution in [0, 0.1) is 0 Å². The van der Waals surface area contributed by atoms with Crippen molar-refractivity contribution in [3.63, 3.8) is 0 Å². The van der Waals surface area contributed by atoms with E-state index in [-0.39, 0.29) is 0 Å². The van der Waals surface area contributed by atoms with Gasteiger partial charge in [0, 0.05) is 8.95 Å². The molecule has 4 aromatic carbocycles. The van der Waals surface area contributed by atoms with Crippen molar-refractivity contribution in [1.29, 1.82) is 0 Å². The quantitative estimate of drug-likeness (QED) is 0.288. The first-order chi connectivity index (χ1) is 13.2. The summed E-state index contributed by atoms with van der Waals surface area (Å²) >= 11 is 6.99. The average Bonchev–Trinajstić information content (AvgIpc) is 2.70. The van der Waals surface area contributed by atoms with Gasteiger partial charge in [-0.15, -0.1) is 0 Å². The van der Waals surface area contributed by atoms with Crippen LogP contribution in [0.5, 0.6) is 0 Å². The average molecular weight is 481 g/mol. The highest BCUT2D eigenvalue weighted by molar-refractivity contribution is 9.10. The van der Waals surface area contributed by atoms with Crippen molar-refractivity contribution in [3.05, 3.63) is 106 Å². The Balaban J connectivity index is 1.84. The van der Waals surface area contributed by atoms with Gasteiger partial charge in [0.05, 0.1) is 5.56 Å². The smallest absolute Gasteiger partial charge is 0.240 e. The van der Waals surface area contributed by atoms with E-state index >= 15 is 0 Å². The molecule has 0 heterocycles. The number of hydrogen-bond donors (Lipinski definition) is 2. The number of fused-ring (bicyclic) bond motifs is 1. The number of anilines is 1. The third-order valence-electron chi connectivity index (χ3n) is 4.29.